The summed E-state index contributed by atoms with van der Waals surface area (Å²) in [4.78, 5) is 0. The minimum absolute atomic E-state index is 0.685. The van der Waals surface area contributed by atoms with E-state index in [0.29, 0.717) is 5.88 Å². The minimum atomic E-state index is 0.685. The Balaban J connectivity index is 2.61. The predicted molar refractivity (Wildman–Crippen MR) is 43.9 cm³/mol. The Bertz CT molecular complexity index is 162. The van der Waals surface area contributed by atoms with Gasteiger partial charge in [0.15, 0.2) is 0 Å². The maximum absolute atomic E-state index is 4.02. The van der Waals surface area contributed by atoms with Gasteiger partial charge in [-0.25, -0.2) is 0 Å². The average molecular weight is 139 g/mol. The van der Waals surface area contributed by atoms with Crippen LogP contribution in [0.15, 0.2) is 30.3 Å². The van der Waals surface area contributed by atoms with Gasteiger partial charge in [-0.1, -0.05) is 18.2 Å². The molecule has 0 aliphatic rings. The Hall–Kier alpha value is -0.630. The number of rotatable bonds is 2. The number of para-hydroxylation sites is 1. The van der Waals surface area contributed by atoms with E-state index >= 15 is 0 Å². The largest absolute Gasteiger partial charge is 0.376 e. The lowest BCUT2D eigenvalue weighted by Gasteiger charge is -1.98. The molecule has 2 heteroatoms. The van der Waals surface area contributed by atoms with E-state index < -0.39 is 0 Å². The SMILES string of the molecule is SCNc1ccccc1. The number of thiol groups is 1. The second-order valence-corrected chi connectivity index (χ2v) is 2.02. The van der Waals surface area contributed by atoms with Gasteiger partial charge in [0.2, 0.25) is 0 Å². The fraction of sp³-hybridized carbons (Fsp3) is 0.143. The molecule has 1 rings (SSSR count). The van der Waals surface area contributed by atoms with Crippen molar-refractivity contribution in [2.75, 3.05) is 11.2 Å². The van der Waals surface area contributed by atoms with Crippen LogP contribution in [0.4, 0.5) is 5.69 Å². The summed E-state index contributed by atoms with van der Waals surface area (Å²) in [5.74, 6) is 0.685. The van der Waals surface area contributed by atoms with E-state index in [0.717, 1.165) is 5.69 Å². The summed E-state index contributed by atoms with van der Waals surface area (Å²) in [7, 11) is 0. The molecular weight excluding hydrogens is 130 g/mol. The highest BCUT2D eigenvalue weighted by atomic mass is 32.1. The Morgan fingerprint density at radius 1 is 1.22 bits per heavy atom. The van der Waals surface area contributed by atoms with Gasteiger partial charge in [-0.05, 0) is 12.1 Å². The molecule has 9 heavy (non-hydrogen) atoms. The molecule has 0 heterocycles. The maximum Gasteiger partial charge on any atom is 0.0581 e. The van der Waals surface area contributed by atoms with Crippen LogP contribution in [0, 0.1) is 0 Å². The van der Waals surface area contributed by atoms with Crippen LogP contribution in [0.5, 0.6) is 0 Å². The summed E-state index contributed by atoms with van der Waals surface area (Å²) in [5, 5.41) is 3.07. The molecule has 0 aliphatic carbocycles. The topological polar surface area (TPSA) is 12.0 Å². The molecule has 0 aliphatic heterocycles. The van der Waals surface area contributed by atoms with Crippen LogP contribution in [-0.2, 0) is 0 Å². The standard InChI is InChI=1S/C7H9NS/c9-6-8-7-4-2-1-3-5-7/h1-5,8-9H,6H2. The first kappa shape index (κ1) is 6.49. The molecule has 0 saturated heterocycles. The number of anilines is 1. The Morgan fingerprint density at radius 2 is 1.89 bits per heavy atom. The van der Waals surface area contributed by atoms with Crippen LogP contribution < -0.4 is 5.32 Å². The molecule has 0 saturated carbocycles. The predicted octanol–water partition coefficient (Wildman–Crippen LogP) is 1.99. The Morgan fingerprint density at radius 3 is 2.44 bits per heavy atom. The first-order valence-corrected chi connectivity index (χ1v) is 3.46. The number of benzene rings is 1. The fourth-order valence-electron chi connectivity index (χ4n) is 0.647. The van der Waals surface area contributed by atoms with Gasteiger partial charge in [0, 0.05) is 5.69 Å². The smallest absolute Gasteiger partial charge is 0.0581 e. The van der Waals surface area contributed by atoms with Gasteiger partial charge in [-0.2, -0.15) is 12.6 Å². The third-order valence-electron chi connectivity index (χ3n) is 1.06. The highest BCUT2D eigenvalue weighted by molar-refractivity contribution is 7.80. The number of nitrogens with one attached hydrogen (secondary N) is 1. The van der Waals surface area contributed by atoms with Gasteiger partial charge in [0.25, 0.3) is 0 Å². The molecule has 0 radical (unpaired) electrons. The van der Waals surface area contributed by atoms with Crippen molar-refractivity contribution >= 4 is 18.3 Å². The van der Waals surface area contributed by atoms with Gasteiger partial charge >= 0.3 is 0 Å². The van der Waals surface area contributed by atoms with Crippen molar-refractivity contribution in [1.82, 2.24) is 0 Å². The van der Waals surface area contributed by atoms with Crippen molar-refractivity contribution < 1.29 is 0 Å². The van der Waals surface area contributed by atoms with Crippen molar-refractivity contribution in [2.45, 2.75) is 0 Å². The molecule has 1 aromatic rings. The molecule has 0 aromatic heterocycles. The zero-order chi connectivity index (χ0) is 6.53. The average Bonchev–Trinajstić information content (AvgIpc) is 1.91. The Labute approximate surface area is 60.5 Å². The van der Waals surface area contributed by atoms with E-state index in [4.69, 9.17) is 0 Å². The molecule has 1 nitrogen and oxygen atoms in total. The summed E-state index contributed by atoms with van der Waals surface area (Å²) in [5.41, 5.74) is 1.12. The van der Waals surface area contributed by atoms with E-state index in [2.05, 4.69) is 17.9 Å². The van der Waals surface area contributed by atoms with Gasteiger partial charge in [0.05, 0.1) is 5.88 Å². The van der Waals surface area contributed by atoms with Crippen LogP contribution in [0.25, 0.3) is 0 Å². The summed E-state index contributed by atoms with van der Waals surface area (Å²) in [6.07, 6.45) is 0. The first-order chi connectivity index (χ1) is 4.43. The molecule has 1 aromatic carbocycles. The summed E-state index contributed by atoms with van der Waals surface area (Å²) in [6.45, 7) is 0. The van der Waals surface area contributed by atoms with Crippen LogP contribution in [0.1, 0.15) is 0 Å². The molecular formula is C7H9NS. The molecule has 0 atom stereocenters. The molecule has 48 valence electrons. The molecule has 0 spiro atoms. The van der Waals surface area contributed by atoms with Crippen LogP contribution in [0.3, 0.4) is 0 Å². The van der Waals surface area contributed by atoms with Crippen molar-refractivity contribution in [3.63, 3.8) is 0 Å². The minimum Gasteiger partial charge on any atom is -0.376 e. The van der Waals surface area contributed by atoms with Crippen molar-refractivity contribution in [3.8, 4) is 0 Å². The second kappa shape index (κ2) is 3.41. The highest BCUT2D eigenvalue weighted by Crippen LogP contribution is 2.03. The van der Waals surface area contributed by atoms with Gasteiger partial charge in [-0.15, -0.1) is 0 Å². The number of hydrogen-bond acceptors (Lipinski definition) is 2. The highest BCUT2D eigenvalue weighted by Gasteiger charge is 1.81. The molecule has 0 bridgehead atoms. The van der Waals surface area contributed by atoms with Crippen molar-refractivity contribution in [3.05, 3.63) is 30.3 Å². The van der Waals surface area contributed by atoms with Gasteiger partial charge in [-0.3, -0.25) is 0 Å². The van der Waals surface area contributed by atoms with Gasteiger partial charge < -0.3 is 5.32 Å². The molecule has 0 unspecified atom stereocenters. The van der Waals surface area contributed by atoms with E-state index in [9.17, 15) is 0 Å². The van der Waals surface area contributed by atoms with Crippen LogP contribution in [0.2, 0.25) is 0 Å². The summed E-state index contributed by atoms with van der Waals surface area (Å²) in [6, 6.07) is 9.99. The van der Waals surface area contributed by atoms with Crippen molar-refractivity contribution in [2.24, 2.45) is 0 Å². The quantitative estimate of drug-likeness (QED) is 0.471. The zero-order valence-corrected chi connectivity index (χ0v) is 5.94. The second-order valence-electron chi connectivity index (χ2n) is 1.70. The molecule has 0 fully saturated rings. The van der Waals surface area contributed by atoms with Gasteiger partial charge in [0.1, 0.15) is 0 Å². The van der Waals surface area contributed by atoms with E-state index in [1.165, 1.54) is 0 Å². The summed E-state index contributed by atoms with van der Waals surface area (Å²) >= 11 is 4.02. The van der Waals surface area contributed by atoms with E-state index in [1.807, 2.05) is 30.3 Å². The monoisotopic (exact) mass is 139 g/mol. The Kier molecular flexibility index (Phi) is 2.46. The fourth-order valence-corrected chi connectivity index (χ4v) is 0.830. The lowest BCUT2D eigenvalue weighted by molar-refractivity contribution is 1.47. The first-order valence-electron chi connectivity index (χ1n) is 2.83. The lowest BCUT2D eigenvalue weighted by atomic mass is 10.3. The molecule has 1 N–H and O–H groups in total. The van der Waals surface area contributed by atoms with E-state index in [1.54, 1.807) is 0 Å². The van der Waals surface area contributed by atoms with Crippen molar-refractivity contribution in [1.29, 1.82) is 0 Å². The van der Waals surface area contributed by atoms with E-state index in [-0.39, 0.29) is 0 Å². The van der Waals surface area contributed by atoms with Crippen LogP contribution in [-0.4, -0.2) is 5.88 Å². The lowest BCUT2D eigenvalue weighted by Crippen LogP contribution is -1.92. The normalized spacial score (nSPS) is 9.00. The maximum atomic E-state index is 4.02. The third kappa shape index (κ3) is 1.98. The third-order valence-corrected chi connectivity index (χ3v) is 1.22. The number of hydrogen-bond donors (Lipinski definition) is 2. The van der Waals surface area contributed by atoms with Crippen LogP contribution >= 0.6 is 12.6 Å². The molecule has 0 amide bonds. The zero-order valence-electron chi connectivity index (χ0n) is 5.04. The summed E-state index contributed by atoms with van der Waals surface area (Å²) < 4.78 is 0.